The molecule has 0 spiro atoms. The van der Waals surface area contributed by atoms with Gasteiger partial charge in [0.2, 0.25) is 0 Å². The molecule has 0 radical (unpaired) electrons. The topological polar surface area (TPSA) is 27.7 Å². The number of nitrogens with zero attached hydrogens (tertiary/aromatic N) is 2. The van der Waals surface area contributed by atoms with Crippen LogP contribution in [0.15, 0.2) is 67.0 Å². The van der Waals surface area contributed by atoms with Gasteiger partial charge in [-0.2, -0.15) is 5.26 Å². The first-order valence-electron chi connectivity index (χ1n) is 17.2. The molecule has 0 atom stereocenters. The Hall–Kier alpha value is -7.12. The van der Waals surface area contributed by atoms with Crippen LogP contribution in [0.2, 0.25) is 0 Å². The van der Waals surface area contributed by atoms with Crippen molar-refractivity contribution in [3.05, 3.63) is 194 Å². The van der Waals surface area contributed by atoms with Gasteiger partial charge in [0, 0.05) is 11.6 Å². The number of pyridine rings is 1. The molecule has 0 fully saturated rings. The van der Waals surface area contributed by atoms with Gasteiger partial charge in [-0.05, 0) is 11.5 Å². The summed E-state index contributed by atoms with van der Waals surface area (Å²) in [5, 5.41) is 11.3. The molecule has 7 rings (SSSR count). The number of benzene rings is 6. The van der Waals surface area contributed by atoms with E-state index < -0.39 is 144 Å². The van der Waals surface area contributed by atoms with E-state index in [1.807, 2.05) is 42.6 Å². The van der Waals surface area contributed by atoms with Crippen molar-refractivity contribution >= 4 is 38.8 Å². The molecular formula is C41H13BF20N2. The Morgan fingerprint density at radius 2 is 0.688 bits per heavy atom. The van der Waals surface area contributed by atoms with Gasteiger partial charge in [0.05, 0.1) is 10.9 Å². The van der Waals surface area contributed by atoms with E-state index in [9.17, 15) is 52.7 Å². The number of nitriles is 1. The fraction of sp³-hybridized carbons (Fsp3) is 0.0244. The Labute approximate surface area is 343 Å². The monoisotopic (exact) mass is 924 g/mol. The van der Waals surface area contributed by atoms with Crippen LogP contribution in [0.25, 0.3) is 10.8 Å². The molecule has 0 bridgehead atoms. The lowest BCUT2D eigenvalue weighted by molar-refractivity contribution is -0.687. The van der Waals surface area contributed by atoms with Gasteiger partial charge in [0.15, 0.2) is 88.7 Å². The Kier molecular flexibility index (Phi) is 12.5. The first kappa shape index (κ1) is 46.4. The number of fused-ring (bicyclic) bond motifs is 1. The summed E-state index contributed by atoms with van der Waals surface area (Å²) in [4.78, 5) is 0. The average molecular weight is 924 g/mol. The van der Waals surface area contributed by atoms with Crippen molar-refractivity contribution in [2.45, 2.75) is 6.54 Å². The minimum absolute atomic E-state index is 0.722. The van der Waals surface area contributed by atoms with Crippen molar-refractivity contribution in [3.8, 4) is 6.07 Å². The molecule has 0 N–H and O–H groups in total. The smallest absolute Gasteiger partial charge is 0.200 e. The summed E-state index contributed by atoms with van der Waals surface area (Å²) in [6, 6.07) is 20.4. The summed E-state index contributed by atoms with van der Waals surface area (Å²) in [7, 11) is 0. The molecule has 1 aromatic heterocycles. The molecule has 1 heterocycles. The van der Waals surface area contributed by atoms with Crippen LogP contribution < -0.4 is 26.4 Å². The zero-order chi connectivity index (χ0) is 47.4. The highest BCUT2D eigenvalue weighted by atomic mass is 19.2. The third kappa shape index (κ3) is 7.09. The van der Waals surface area contributed by atoms with Gasteiger partial charge < -0.3 is 0 Å². The van der Waals surface area contributed by atoms with Crippen molar-refractivity contribution < 1.29 is 92.4 Å². The Morgan fingerprint density at radius 3 is 1.00 bits per heavy atom. The number of hydrogen-bond donors (Lipinski definition) is 0. The predicted octanol–water partition coefficient (Wildman–Crippen LogP) is 8.89. The molecule has 7 aromatic rings. The van der Waals surface area contributed by atoms with E-state index in [-0.39, 0.29) is 0 Å². The van der Waals surface area contributed by atoms with Crippen LogP contribution in [0.4, 0.5) is 87.8 Å². The highest BCUT2D eigenvalue weighted by Crippen LogP contribution is 2.31. The SMILES string of the molecule is Fc1c(F)c(F)c([B-](c2c(F)c(F)c(F)c(F)c2F)(c2c(F)c(F)c(F)c(F)c2F)c2c(F)c(F)c(F)c(F)c2F)c(F)c1F.N#Cc1cccc2cc[n+](Cc3ccccc3)cc12. The quantitative estimate of drug-likeness (QED) is 0.0539. The van der Waals surface area contributed by atoms with Crippen LogP contribution in [-0.2, 0) is 6.54 Å². The summed E-state index contributed by atoms with van der Waals surface area (Å²) in [5.41, 5.74) is -12.4. The third-order valence-corrected chi connectivity index (χ3v) is 9.92. The van der Waals surface area contributed by atoms with Crippen LogP contribution >= 0.6 is 0 Å². The van der Waals surface area contributed by atoms with Crippen LogP contribution in [0.5, 0.6) is 0 Å². The van der Waals surface area contributed by atoms with Crippen molar-refractivity contribution in [2.24, 2.45) is 0 Å². The van der Waals surface area contributed by atoms with Crippen LogP contribution in [0, 0.1) is 128 Å². The third-order valence-electron chi connectivity index (χ3n) is 9.92. The highest BCUT2D eigenvalue weighted by Gasteiger charge is 2.52. The Bertz CT molecular complexity index is 2720. The van der Waals surface area contributed by atoms with Crippen LogP contribution in [0.1, 0.15) is 11.1 Å². The number of aromatic nitrogens is 1. The maximum atomic E-state index is 15.4. The first-order chi connectivity index (χ1) is 30.1. The second-order valence-electron chi connectivity index (χ2n) is 13.3. The Balaban J connectivity index is 0.000000295. The van der Waals surface area contributed by atoms with Crippen molar-refractivity contribution in [1.29, 1.82) is 5.26 Å². The number of rotatable bonds is 6. The normalized spacial score (nSPS) is 11.5. The molecule has 0 aliphatic carbocycles. The second kappa shape index (κ2) is 17.2. The average Bonchev–Trinajstić information content (AvgIpc) is 3.29. The lowest BCUT2D eigenvalue weighted by Gasteiger charge is -2.44. The maximum absolute atomic E-state index is 15.4. The van der Waals surface area contributed by atoms with E-state index in [0.717, 1.165) is 22.9 Å². The second-order valence-corrected chi connectivity index (χ2v) is 13.3. The van der Waals surface area contributed by atoms with E-state index in [0.29, 0.717) is 0 Å². The van der Waals surface area contributed by atoms with Gasteiger partial charge in [0.25, 0.3) is 0 Å². The van der Waals surface area contributed by atoms with Crippen LogP contribution in [-0.4, -0.2) is 6.15 Å². The molecule has 0 unspecified atom stereocenters. The van der Waals surface area contributed by atoms with E-state index >= 15 is 35.1 Å². The first-order valence-corrected chi connectivity index (χ1v) is 17.2. The summed E-state index contributed by atoms with van der Waals surface area (Å²) in [6.45, 7) is 0.816. The van der Waals surface area contributed by atoms with Gasteiger partial charge >= 0.3 is 0 Å². The van der Waals surface area contributed by atoms with Gasteiger partial charge in [-0.3, -0.25) is 0 Å². The van der Waals surface area contributed by atoms with E-state index in [4.69, 9.17) is 5.26 Å². The van der Waals surface area contributed by atoms with Crippen molar-refractivity contribution in [3.63, 3.8) is 0 Å². The summed E-state index contributed by atoms with van der Waals surface area (Å²) in [5.74, 6) is -71.4. The molecule has 64 heavy (non-hydrogen) atoms. The van der Waals surface area contributed by atoms with Gasteiger partial charge in [-0.1, -0.05) is 42.5 Å². The number of hydrogen-bond acceptors (Lipinski definition) is 1. The molecule has 6 aromatic carbocycles. The molecular weight excluding hydrogens is 911 g/mol. The highest BCUT2D eigenvalue weighted by molar-refractivity contribution is 7.20. The maximum Gasteiger partial charge on any atom is 0.200 e. The Morgan fingerprint density at radius 1 is 0.375 bits per heavy atom. The standard InChI is InChI=1S/C24BF20.C17H13N2/c26-5-1(6(27)14(35)21(42)13(5)34)25(2-7(28)15(36)22(43)16(37)8(2)29,3-9(30)17(38)23(44)18(39)10(3)31)4-11(32)19(40)24(45)20(41)12(4)33;18-11-16-8-4-7-15-9-10-19(13-17(15)16)12-14-5-2-1-3-6-14/h;1-10,13H,12H2/q-1;+1. The zero-order valence-corrected chi connectivity index (χ0v) is 30.6. The van der Waals surface area contributed by atoms with Crippen molar-refractivity contribution in [1.82, 2.24) is 0 Å². The summed E-state index contributed by atoms with van der Waals surface area (Å²) in [6.07, 6.45) is -3.12. The molecule has 23 heteroatoms. The minimum atomic E-state index is -7.22. The number of halogens is 20. The summed E-state index contributed by atoms with van der Waals surface area (Å²) < 4.78 is 296. The fourth-order valence-electron chi connectivity index (χ4n) is 7.12. The fourth-order valence-corrected chi connectivity index (χ4v) is 7.12. The van der Waals surface area contributed by atoms with Gasteiger partial charge in [-0.25, -0.2) is 92.4 Å². The molecule has 0 aliphatic heterocycles. The summed E-state index contributed by atoms with van der Waals surface area (Å²) >= 11 is 0. The van der Waals surface area contributed by atoms with Gasteiger partial charge in [-0.15, -0.1) is 21.9 Å². The van der Waals surface area contributed by atoms with E-state index in [2.05, 4.69) is 35.0 Å². The molecule has 0 amide bonds. The molecule has 0 saturated heterocycles. The van der Waals surface area contributed by atoms with Gasteiger partial charge in [0.1, 0.15) is 58.8 Å². The van der Waals surface area contributed by atoms with Crippen molar-refractivity contribution in [2.75, 3.05) is 0 Å². The largest absolute Gasteiger partial charge is 0.207 e. The predicted molar refractivity (Wildman–Crippen MR) is 184 cm³/mol. The van der Waals surface area contributed by atoms with Crippen LogP contribution in [0.3, 0.4) is 0 Å². The van der Waals surface area contributed by atoms with E-state index in [1.165, 1.54) is 5.56 Å². The molecule has 2 nitrogen and oxygen atoms in total. The zero-order valence-electron chi connectivity index (χ0n) is 30.6. The van der Waals surface area contributed by atoms with E-state index in [1.54, 1.807) is 0 Å². The molecule has 0 saturated carbocycles. The molecule has 0 aliphatic rings. The lowest BCUT2D eigenvalue weighted by atomic mass is 9.12. The lowest BCUT2D eigenvalue weighted by Crippen LogP contribution is -2.81. The molecule has 330 valence electrons. The minimum Gasteiger partial charge on any atom is -0.207 e.